The third kappa shape index (κ3) is 0.826. The zero-order valence-corrected chi connectivity index (χ0v) is 7.37. The van der Waals surface area contributed by atoms with Gasteiger partial charge in [0.1, 0.15) is 0 Å². The molecule has 4 fully saturated rings. The maximum Gasteiger partial charge on any atom is 0.0657 e. The van der Waals surface area contributed by atoms with Gasteiger partial charge in [-0.3, -0.25) is 0 Å². The van der Waals surface area contributed by atoms with Crippen LogP contribution in [0.25, 0.3) is 0 Å². The molecule has 0 aromatic heterocycles. The summed E-state index contributed by atoms with van der Waals surface area (Å²) in [7, 11) is 0. The van der Waals surface area contributed by atoms with Gasteiger partial charge in [-0.25, -0.2) is 0 Å². The number of hydrogen-bond acceptors (Lipinski definition) is 2. The molecule has 4 bridgehead atoms. The molecule has 0 saturated heterocycles. The number of hydrogen-bond donors (Lipinski definition) is 2. The Morgan fingerprint density at radius 1 is 1.08 bits per heavy atom. The molecular formula is C10H17NO. The zero-order valence-electron chi connectivity index (χ0n) is 7.37. The minimum atomic E-state index is -0.299. The highest BCUT2D eigenvalue weighted by atomic mass is 16.3. The first-order chi connectivity index (χ1) is 5.66. The van der Waals surface area contributed by atoms with E-state index in [1.54, 1.807) is 0 Å². The third-order valence-corrected chi connectivity index (χ3v) is 4.31. The predicted octanol–water partition coefficient (Wildman–Crippen LogP) is 0.885. The molecule has 4 rings (SSSR count). The highest BCUT2D eigenvalue weighted by Crippen LogP contribution is 2.54. The number of aliphatic hydroxyl groups is 1. The first kappa shape index (κ1) is 7.34. The molecule has 0 aromatic carbocycles. The summed E-state index contributed by atoms with van der Waals surface area (Å²) in [4.78, 5) is 0. The molecule has 4 saturated carbocycles. The SMILES string of the molecule is N[C@@H]1[C@@H]2C[C@@H]3C[C@H]1C[C@](O)(C3)C2. The molecule has 3 N–H and O–H groups in total. The summed E-state index contributed by atoms with van der Waals surface area (Å²) < 4.78 is 0. The highest BCUT2D eigenvalue weighted by molar-refractivity contribution is 5.06. The van der Waals surface area contributed by atoms with Crippen molar-refractivity contribution in [3.05, 3.63) is 0 Å². The highest BCUT2D eigenvalue weighted by Gasteiger charge is 2.53. The van der Waals surface area contributed by atoms with Crippen molar-refractivity contribution in [1.82, 2.24) is 0 Å². The molecule has 2 nitrogen and oxygen atoms in total. The normalized spacial score (nSPS) is 62.5. The number of nitrogens with two attached hydrogens (primary N) is 1. The first-order valence-corrected chi connectivity index (χ1v) is 5.14. The summed E-state index contributed by atoms with van der Waals surface area (Å²) in [6.07, 6.45) is 5.62. The average molecular weight is 167 g/mol. The van der Waals surface area contributed by atoms with E-state index in [4.69, 9.17) is 5.73 Å². The Morgan fingerprint density at radius 3 is 2.17 bits per heavy atom. The molecule has 0 radical (unpaired) electrons. The largest absolute Gasteiger partial charge is 0.390 e. The van der Waals surface area contributed by atoms with Crippen molar-refractivity contribution in [2.45, 2.75) is 43.7 Å². The van der Waals surface area contributed by atoms with Gasteiger partial charge in [0.15, 0.2) is 0 Å². The Hall–Kier alpha value is -0.0800. The molecule has 2 heteroatoms. The second-order valence-corrected chi connectivity index (χ2v) is 5.27. The Labute approximate surface area is 73.1 Å². The lowest BCUT2D eigenvalue weighted by Crippen LogP contribution is -2.59. The van der Waals surface area contributed by atoms with E-state index in [2.05, 4.69) is 0 Å². The van der Waals surface area contributed by atoms with E-state index < -0.39 is 0 Å². The van der Waals surface area contributed by atoms with Gasteiger partial charge in [-0.2, -0.15) is 0 Å². The van der Waals surface area contributed by atoms with Gasteiger partial charge in [0.2, 0.25) is 0 Å². The van der Waals surface area contributed by atoms with E-state index in [1.165, 1.54) is 12.8 Å². The molecule has 0 amide bonds. The van der Waals surface area contributed by atoms with Crippen LogP contribution in [0.5, 0.6) is 0 Å². The van der Waals surface area contributed by atoms with Crippen LogP contribution in [0.3, 0.4) is 0 Å². The summed E-state index contributed by atoms with van der Waals surface area (Å²) in [6, 6.07) is 0.404. The van der Waals surface area contributed by atoms with Crippen LogP contribution in [0, 0.1) is 17.8 Å². The van der Waals surface area contributed by atoms with Crippen LogP contribution >= 0.6 is 0 Å². The minimum Gasteiger partial charge on any atom is -0.390 e. The fourth-order valence-corrected chi connectivity index (χ4v) is 4.02. The van der Waals surface area contributed by atoms with Crippen molar-refractivity contribution in [3.8, 4) is 0 Å². The molecule has 0 spiro atoms. The van der Waals surface area contributed by atoms with Crippen LogP contribution in [0.1, 0.15) is 32.1 Å². The number of rotatable bonds is 0. The van der Waals surface area contributed by atoms with E-state index >= 15 is 0 Å². The van der Waals surface area contributed by atoms with E-state index in [0.717, 1.165) is 25.2 Å². The Kier molecular flexibility index (Phi) is 1.25. The van der Waals surface area contributed by atoms with Crippen LogP contribution in [0.4, 0.5) is 0 Å². The standard InChI is InChI=1S/C10H17NO/c11-9-7-1-6-2-8(9)5-10(12,3-6)4-7/h6-9,12H,1-5,11H2/t6-,7-,8+,9-,10+. The zero-order chi connectivity index (χ0) is 8.34. The van der Waals surface area contributed by atoms with Gasteiger partial charge < -0.3 is 10.8 Å². The third-order valence-electron chi connectivity index (χ3n) is 4.31. The Morgan fingerprint density at radius 2 is 1.67 bits per heavy atom. The van der Waals surface area contributed by atoms with Crippen molar-refractivity contribution in [2.75, 3.05) is 0 Å². The molecule has 5 atom stereocenters. The maximum atomic E-state index is 10.2. The summed E-state index contributed by atoms with van der Waals surface area (Å²) in [5.74, 6) is 2.08. The molecule has 68 valence electrons. The lowest BCUT2D eigenvalue weighted by atomic mass is 9.52. The van der Waals surface area contributed by atoms with E-state index in [0.29, 0.717) is 17.9 Å². The van der Waals surface area contributed by atoms with Crippen LogP contribution < -0.4 is 5.73 Å². The van der Waals surface area contributed by atoms with Crippen LogP contribution in [0.15, 0.2) is 0 Å². The first-order valence-electron chi connectivity index (χ1n) is 5.14. The molecule has 0 unspecified atom stereocenters. The van der Waals surface area contributed by atoms with Gasteiger partial charge in [-0.05, 0) is 49.9 Å². The van der Waals surface area contributed by atoms with Crippen molar-refractivity contribution in [2.24, 2.45) is 23.5 Å². The smallest absolute Gasteiger partial charge is 0.0657 e. The van der Waals surface area contributed by atoms with Crippen molar-refractivity contribution in [3.63, 3.8) is 0 Å². The summed E-state index contributed by atoms with van der Waals surface area (Å²) in [6.45, 7) is 0. The van der Waals surface area contributed by atoms with Gasteiger partial charge in [-0.1, -0.05) is 0 Å². The van der Waals surface area contributed by atoms with Gasteiger partial charge in [0.25, 0.3) is 0 Å². The van der Waals surface area contributed by atoms with E-state index in [9.17, 15) is 5.11 Å². The van der Waals surface area contributed by atoms with Crippen LogP contribution in [-0.2, 0) is 0 Å². The fraction of sp³-hybridized carbons (Fsp3) is 1.00. The van der Waals surface area contributed by atoms with Crippen LogP contribution in [0.2, 0.25) is 0 Å². The second kappa shape index (κ2) is 2.05. The van der Waals surface area contributed by atoms with Crippen molar-refractivity contribution in [1.29, 1.82) is 0 Å². The van der Waals surface area contributed by atoms with E-state index in [1.807, 2.05) is 0 Å². The van der Waals surface area contributed by atoms with Gasteiger partial charge in [-0.15, -0.1) is 0 Å². The van der Waals surface area contributed by atoms with Gasteiger partial charge in [0.05, 0.1) is 5.60 Å². The molecule has 4 aliphatic rings. The van der Waals surface area contributed by atoms with Crippen molar-refractivity contribution < 1.29 is 5.11 Å². The molecule has 4 aliphatic carbocycles. The fourth-order valence-electron chi connectivity index (χ4n) is 4.02. The average Bonchev–Trinajstić information content (AvgIpc) is 1.96. The van der Waals surface area contributed by atoms with E-state index in [-0.39, 0.29) is 5.60 Å². The predicted molar refractivity (Wildman–Crippen MR) is 46.5 cm³/mol. The Bertz CT molecular complexity index is 200. The molecule has 12 heavy (non-hydrogen) atoms. The molecular weight excluding hydrogens is 150 g/mol. The van der Waals surface area contributed by atoms with Gasteiger partial charge in [0, 0.05) is 6.04 Å². The molecule has 0 aromatic rings. The Balaban J connectivity index is 1.95. The lowest BCUT2D eigenvalue weighted by molar-refractivity contribution is -0.132. The maximum absolute atomic E-state index is 10.2. The van der Waals surface area contributed by atoms with Crippen LogP contribution in [-0.4, -0.2) is 16.7 Å². The summed E-state index contributed by atoms with van der Waals surface area (Å²) in [5.41, 5.74) is 5.82. The van der Waals surface area contributed by atoms with Crippen molar-refractivity contribution >= 4 is 0 Å². The quantitative estimate of drug-likeness (QED) is 0.562. The second-order valence-electron chi connectivity index (χ2n) is 5.27. The monoisotopic (exact) mass is 167 g/mol. The minimum absolute atomic E-state index is 0.299. The summed E-state index contributed by atoms with van der Waals surface area (Å²) >= 11 is 0. The molecule has 0 aliphatic heterocycles. The van der Waals surface area contributed by atoms with Gasteiger partial charge >= 0.3 is 0 Å². The lowest BCUT2D eigenvalue weighted by Gasteiger charge is -2.57. The topological polar surface area (TPSA) is 46.2 Å². The molecule has 0 heterocycles. The summed E-state index contributed by atoms with van der Waals surface area (Å²) in [5, 5.41) is 10.2.